The molecule has 0 amide bonds. The summed E-state index contributed by atoms with van der Waals surface area (Å²) in [7, 11) is -3.59. The van der Waals surface area contributed by atoms with Crippen molar-refractivity contribution < 1.29 is 27.9 Å². The fraction of sp³-hybridized carbons (Fsp3) is 0.571. The van der Waals surface area contributed by atoms with Gasteiger partial charge in [-0.15, -0.1) is 6.58 Å². The van der Waals surface area contributed by atoms with Crippen LogP contribution in [0.15, 0.2) is 73.3 Å². The predicted molar refractivity (Wildman–Crippen MR) is 180 cm³/mol. The number of carbonyl (C=O) groups is 1. The van der Waals surface area contributed by atoms with Gasteiger partial charge in [-0.1, -0.05) is 108 Å². The monoisotopic (exact) mass is 626 g/mol. The van der Waals surface area contributed by atoms with E-state index in [0.29, 0.717) is 26.1 Å². The molecule has 1 aliphatic rings. The van der Waals surface area contributed by atoms with Crippen LogP contribution in [0.3, 0.4) is 0 Å². The number of rotatable bonds is 14. The van der Waals surface area contributed by atoms with Crippen molar-refractivity contribution >= 4 is 32.8 Å². The maximum absolute atomic E-state index is 14.4. The minimum atomic E-state index is -2.89. The van der Waals surface area contributed by atoms with Crippen molar-refractivity contribution in [3.05, 3.63) is 73.3 Å². The lowest BCUT2D eigenvalue weighted by Gasteiger charge is -2.51. The molecule has 3 atom stereocenters. The lowest BCUT2D eigenvalue weighted by Crippen LogP contribution is -2.69. The van der Waals surface area contributed by atoms with Crippen molar-refractivity contribution in [1.82, 2.24) is 0 Å². The zero-order valence-corrected chi connectivity index (χ0v) is 29.9. The molecule has 0 aromatic heterocycles. The van der Waals surface area contributed by atoms with Crippen molar-refractivity contribution in [3.8, 4) is 0 Å². The molecule has 0 N–H and O–H groups in total. The Balaban J connectivity index is 2.10. The first-order valence-electron chi connectivity index (χ1n) is 15.5. The fourth-order valence-electron chi connectivity index (χ4n) is 5.82. The smallest absolute Gasteiger partial charge is 0.261 e. The van der Waals surface area contributed by atoms with E-state index in [-0.39, 0.29) is 35.2 Å². The van der Waals surface area contributed by atoms with Crippen molar-refractivity contribution in [2.75, 3.05) is 27.1 Å². The van der Waals surface area contributed by atoms with E-state index in [2.05, 4.69) is 110 Å². The summed E-state index contributed by atoms with van der Waals surface area (Å²) in [6.07, 6.45) is 2.01. The summed E-state index contributed by atoms with van der Waals surface area (Å²) in [5.41, 5.74) is -1.20. The molecule has 0 bridgehead atoms. The van der Waals surface area contributed by atoms with Crippen molar-refractivity contribution in [2.24, 2.45) is 0 Å². The van der Waals surface area contributed by atoms with Crippen LogP contribution in [0.2, 0.25) is 23.2 Å². The number of benzene rings is 2. The van der Waals surface area contributed by atoms with Crippen LogP contribution in [-0.2, 0) is 27.9 Å². The second kappa shape index (κ2) is 14.5. The number of carbonyl (C=O) groups excluding carboxylic acids is 1. The fourth-order valence-corrected chi connectivity index (χ4v) is 11.9. The molecular weight excluding hydrogens is 573 g/mol. The Morgan fingerprint density at radius 2 is 1.44 bits per heavy atom. The van der Waals surface area contributed by atoms with E-state index in [1.54, 1.807) is 13.2 Å². The standard InChI is InChI=1S/C35H54O6Si2/c1-11-22-35(39-27-38-24-23-37-8)31(36)25-28(26-32(35)41-42(9,10)33(2,3)4)40-43(34(5,6)7,29-18-14-12-15-19-29)30-20-16-13-17-21-30/h11-21,28,32H,1,22-27H2,2-10H3/t28-,32-,35+/m0/s1. The normalized spacial score (nSPS) is 22.0. The average molecular weight is 627 g/mol. The van der Waals surface area contributed by atoms with Gasteiger partial charge < -0.3 is 23.1 Å². The summed E-state index contributed by atoms with van der Waals surface area (Å²) >= 11 is 0. The number of Topliss-reactive ketones (excluding diaryl/α,β-unsaturated/α-hetero) is 1. The maximum atomic E-state index is 14.4. The van der Waals surface area contributed by atoms with E-state index >= 15 is 0 Å². The summed E-state index contributed by atoms with van der Waals surface area (Å²) in [6, 6.07) is 21.1. The summed E-state index contributed by atoms with van der Waals surface area (Å²) in [6.45, 7) is 22.7. The molecule has 0 radical (unpaired) electrons. The number of ketones is 1. The van der Waals surface area contributed by atoms with E-state index in [9.17, 15) is 4.79 Å². The zero-order chi connectivity index (χ0) is 31.9. The first kappa shape index (κ1) is 35.6. The van der Waals surface area contributed by atoms with Crippen LogP contribution in [0, 0.1) is 0 Å². The maximum Gasteiger partial charge on any atom is 0.261 e. The van der Waals surface area contributed by atoms with Crippen LogP contribution in [0.1, 0.15) is 60.8 Å². The molecule has 238 valence electrons. The van der Waals surface area contributed by atoms with E-state index in [1.807, 2.05) is 12.1 Å². The van der Waals surface area contributed by atoms with Crippen LogP contribution >= 0.6 is 0 Å². The number of methoxy groups -OCH3 is 1. The van der Waals surface area contributed by atoms with Crippen molar-refractivity contribution in [2.45, 2.75) is 102 Å². The third-order valence-corrected chi connectivity index (χ3v) is 18.7. The number of hydrogen-bond donors (Lipinski definition) is 0. The van der Waals surface area contributed by atoms with Gasteiger partial charge in [0.15, 0.2) is 19.7 Å². The summed E-state index contributed by atoms with van der Waals surface area (Å²) in [5, 5.41) is 2.11. The molecule has 0 spiro atoms. The largest absolute Gasteiger partial charge is 0.410 e. The van der Waals surface area contributed by atoms with E-state index < -0.39 is 28.3 Å². The number of ether oxygens (including phenoxy) is 3. The Kier molecular flexibility index (Phi) is 12.0. The first-order valence-corrected chi connectivity index (χ1v) is 20.3. The summed E-state index contributed by atoms with van der Waals surface area (Å²) in [5.74, 6) is -0.0272. The summed E-state index contributed by atoms with van der Waals surface area (Å²) < 4.78 is 31.8. The van der Waals surface area contributed by atoms with Gasteiger partial charge in [-0.05, 0) is 33.5 Å². The Labute approximate surface area is 262 Å². The topological polar surface area (TPSA) is 63.2 Å². The van der Waals surface area contributed by atoms with Gasteiger partial charge in [0.2, 0.25) is 0 Å². The first-order chi connectivity index (χ1) is 20.1. The zero-order valence-electron chi connectivity index (χ0n) is 27.9. The molecule has 1 fully saturated rings. The average Bonchev–Trinajstić information content (AvgIpc) is 2.93. The van der Waals surface area contributed by atoms with Crippen molar-refractivity contribution in [1.29, 1.82) is 0 Å². The molecule has 43 heavy (non-hydrogen) atoms. The second-order valence-electron chi connectivity index (χ2n) is 14.2. The van der Waals surface area contributed by atoms with Crippen LogP contribution < -0.4 is 10.4 Å². The van der Waals surface area contributed by atoms with E-state index in [4.69, 9.17) is 23.1 Å². The molecule has 0 heterocycles. The van der Waals surface area contributed by atoms with Crippen LogP contribution in [-0.4, -0.2) is 67.3 Å². The Hall–Kier alpha value is -1.92. The highest BCUT2D eigenvalue weighted by molar-refractivity contribution is 6.99. The molecule has 2 aromatic carbocycles. The molecule has 2 aromatic rings. The molecule has 6 nitrogen and oxygen atoms in total. The Bertz CT molecular complexity index is 1130. The van der Waals surface area contributed by atoms with Crippen LogP contribution in [0.4, 0.5) is 0 Å². The Morgan fingerprint density at radius 3 is 1.91 bits per heavy atom. The highest BCUT2D eigenvalue weighted by Crippen LogP contribution is 2.45. The molecule has 1 saturated carbocycles. The second-order valence-corrected chi connectivity index (χ2v) is 23.2. The minimum absolute atomic E-state index is 0.0272. The minimum Gasteiger partial charge on any atom is -0.410 e. The molecule has 0 saturated heterocycles. The molecule has 0 aliphatic heterocycles. The molecule has 1 aliphatic carbocycles. The van der Waals surface area contributed by atoms with Gasteiger partial charge >= 0.3 is 0 Å². The van der Waals surface area contributed by atoms with Gasteiger partial charge in [-0.2, -0.15) is 0 Å². The lowest BCUT2D eigenvalue weighted by atomic mass is 9.77. The van der Waals surface area contributed by atoms with Crippen LogP contribution in [0.25, 0.3) is 0 Å². The lowest BCUT2D eigenvalue weighted by molar-refractivity contribution is -0.202. The highest BCUT2D eigenvalue weighted by atomic mass is 28.4. The van der Waals surface area contributed by atoms with Gasteiger partial charge in [0, 0.05) is 26.4 Å². The van der Waals surface area contributed by atoms with Gasteiger partial charge in [-0.3, -0.25) is 4.79 Å². The molecular formula is C35H54O6Si2. The van der Waals surface area contributed by atoms with Crippen LogP contribution in [0.5, 0.6) is 0 Å². The Morgan fingerprint density at radius 1 is 0.884 bits per heavy atom. The number of hydrogen-bond acceptors (Lipinski definition) is 6. The molecule has 8 heteroatoms. The van der Waals surface area contributed by atoms with Gasteiger partial charge in [0.1, 0.15) is 6.79 Å². The molecule has 3 rings (SSSR count). The molecule has 0 unspecified atom stereocenters. The quantitative estimate of drug-likeness (QED) is 0.101. The van der Waals surface area contributed by atoms with E-state index in [0.717, 1.165) is 0 Å². The third kappa shape index (κ3) is 7.85. The van der Waals surface area contributed by atoms with Crippen molar-refractivity contribution in [3.63, 3.8) is 0 Å². The van der Waals surface area contributed by atoms with Gasteiger partial charge in [0.05, 0.1) is 25.4 Å². The van der Waals surface area contributed by atoms with Gasteiger partial charge in [0.25, 0.3) is 8.32 Å². The predicted octanol–water partition coefficient (Wildman–Crippen LogP) is 6.64. The third-order valence-electron chi connectivity index (χ3n) is 9.16. The van der Waals surface area contributed by atoms with E-state index in [1.165, 1.54) is 10.4 Å². The SMILES string of the molecule is C=CC[C@@]1(OCOCCOC)C(=O)C[C@H](O[Si](c2ccccc2)(c2ccccc2)C(C)(C)C)C[C@@H]1O[Si](C)(C)C(C)(C)C. The van der Waals surface area contributed by atoms with Gasteiger partial charge in [-0.25, -0.2) is 0 Å². The highest BCUT2D eigenvalue weighted by Gasteiger charge is 2.58. The summed E-state index contributed by atoms with van der Waals surface area (Å²) in [4.78, 5) is 14.4.